The Kier molecular flexibility index (Phi) is 4.31. The number of carbonyl (C=O) groups is 3. The molecule has 1 aromatic carbocycles. The standard InChI is InChI=1S/C22H24N2O4/c25-20(23-8-10-28-11-9-23)17(12-14-4-2-1-3-5-14)24-21(26)18-15-6-7-16(13-15)19(18)22(24)27/h1-7,15-19H,8-13H2. The molecule has 6 nitrogen and oxygen atoms in total. The number of hydrogen-bond acceptors (Lipinski definition) is 4. The molecule has 5 rings (SSSR count). The summed E-state index contributed by atoms with van der Waals surface area (Å²) in [5, 5.41) is 0. The summed E-state index contributed by atoms with van der Waals surface area (Å²) in [6, 6.07) is 8.86. The molecule has 0 radical (unpaired) electrons. The largest absolute Gasteiger partial charge is 0.378 e. The summed E-state index contributed by atoms with van der Waals surface area (Å²) in [6.07, 6.45) is 5.41. The van der Waals surface area contributed by atoms with Crippen LogP contribution in [0.15, 0.2) is 42.5 Å². The number of carbonyl (C=O) groups excluding carboxylic acids is 3. The highest BCUT2D eigenvalue weighted by Crippen LogP contribution is 2.53. The van der Waals surface area contributed by atoms with Crippen LogP contribution in [0.25, 0.3) is 0 Å². The first-order chi connectivity index (χ1) is 13.6. The Hall–Kier alpha value is -2.47. The molecule has 2 bridgehead atoms. The fourth-order valence-corrected chi connectivity index (χ4v) is 5.35. The maximum atomic E-state index is 13.4. The van der Waals surface area contributed by atoms with Crippen LogP contribution in [0.1, 0.15) is 12.0 Å². The van der Waals surface area contributed by atoms with Gasteiger partial charge in [0.2, 0.25) is 17.7 Å². The molecule has 2 aliphatic carbocycles. The van der Waals surface area contributed by atoms with Crippen molar-refractivity contribution in [2.45, 2.75) is 18.9 Å². The SMILES string of the molecule is O=C(C(Cc1ccccc1)N1C(=O)C2C3C=CC(C3)C2C1=O)N1CCOCC1. The molecule has 6 heteroatoms. The zero-order valence-electron chi connectivity index (χ0n) is 15.7. The van der Waals surface area contributed by atoms with Crippen molar-refractivity contribution in [3.63, 3.8) is 0 Å². The second kappa shape index (κ2) is 6.85. The highest BCUT2D eigenvalue weighted by atomic mass is 16.5. The third kappa shape index (κ3) is 2.70. The number of amides is 3. The fraction of sp³-hybridized carbons (Fsp3) is 0.500. The summed E-state index contributed by atoms with van der Waals surface area (Å²) in [6.45, 7) is 1.98. The summed E-state index contributed by atoms with van der Waals surface area (Å²) in [5.74, 6) is -0.728. The van der Waals surface area contributed by atoms with E-state index in [0.29, 0.717) is 32.7 Å². The third-order valence-electron chi connectivity index (χ3n) is 6.70. The van der Waals surface area contributed by atoms with Crippen molar-refractivity contribution in [2.24, 2.45) is 23.7 Å². The van der Waals surface area contributed by atoms with E-state index < -0.39 is 6.04 Å². The lowest BCUT2D eigenvalue weighted by molar-refractivity contribution is -0.154. The molecule has 5 atom stereocenters. The highest BCUT2D eigenvalue weighted by molar-refractivity contribution is 6.09. The van der Waals surface area contributed by atoms with E-state index in [2.05, 4.69) is 12.2 Å². The first-order valence-corrected chi connectivity index (χ1v) is 10.1. The minimum Gasteiger partial charge on any atom is -0.378 e. The lowest BCUT2D eigenvalue weighted by Gasteiger charge is -2.34. The number of rotatable bonds is 4. The van der Waals surface area contributed by atoms with Crippen LogP contribution in [-0.2, 0) is 25.5 Å². The quantitative estimate of drug-likeness (QED) is 0.583. The van der Waals surface area contributed by atoms with Crippen LogP contribution < -0.4 is 0 Å². The molecule has 4 aliphatic rings. The summed E-state index contributed by atoms with van der Waals surface area (Å²) in [5.41, 5.74) is 0.952. The number of hydrogen-bond donors (Lipinski definition) is 0. The van der Waals surface area contributed by atoms with Gasteiger partial charge < -0.3 is 9.64 Å². The van der Waals surface area contributed by atoms with E-state index in [1.807, 2.05) is 30.3 Å². The first-order valence-electron chi connectivity index (χ1n) is 10.1. The van der Waals surface area contributed by atoms with Gasteiger partial charge in [-0.2, -0.15) is 0 Å². The number of fused-ring (bicyclic) bond motifs is 5. The Balaban J connectivity index is 1.46. The van der Waals surface area contributed by atoms with Crippen LogP contribution >= 0.6 is 0 Å². The maximum absolute atomic E-state index is 13.4. The van der Waals surface area contributed by atoms with Gasteiger partial charge in [-0.25, -0.2) is 0 Å². The normalized spacial score (nSPS) is 32.1. The molecule has 2 aliphatic heterocycles. The van der Waals surface area contributed by atoms with Crippen LogP contribution in [0.4, 0.5) is 0 Å². The molecular formula is C22H24N2O4. The van der Waals surface area contributed by atoms with Gasteiger partial charge >= 0.3 is 0 Å². The van der Waals surface area contributed by atoms with Crippen molar-refractivity contribution in [1.29, 1.82) is 0 Å². The van der Waals surface area contributed by atoms with Gasteiger partial charge in [-0.3, -0.25) is 19.3 Å². The van der Waals surface area contributed by atoms with Gasteiger partial charge in [0.05, 0.1) is 25.0 Å². The predicted molar refractivity (Wildman–Crippen MR) is 101 cm³/mol. The van der Waals surface area contributed by atoms with Crippen LogP contribution in [0.2, 0.25) is 0 Å². The second-order valence-electron chi connectivity index (χ2n) is 8.19. The second-order valence-corrected chi connectivity index (χ2v) is 8.19. The maximum Gasteiger partial charge on any atom is 0.246 e. The molecule has 1 saturated carbocycles. The van der Waals surface area contributed by atoms with Crippen LogP contribution in [0.5, 0.6) is 0 Å². The fourth-order valence-electron chi connectivity index (χ4n) is 5.35. The van der Waals surface area contributed by atoms with Gasteiger partial charge in [-0.1, -0.05) is 42.5 Å². The smallest absolute Gasteiger partial charge is 0.246 e. The van der Waals surface area contributed by atoms with E-state index in [4.69, 9.17) is 4.74 Å². The van der Waals surface area contributed by atoms with Crippen molar-refractivity contribution >= 4 is 17.7 Å². The Morgan fingerprint density at radius 3 is 2.21 bits per heavy atom. The molecule has 28 heavy (non-hydrogen) atoms. The van der Waals surface area contributed by atoms with Gasteiger partial charge in [0.25, 0.3) is 0 Å². The number of likely N-dealkylation sites (tertiary alicyclic amines) is 1. The first kappa shape index (κ1) is 17.6. The third-order valence-corrected chi connectivity index (χ3v) is 6.70. The highest BCUT2D eigenvalue weighted by Gasteiger charge is 2.61. The number of morpholine rings is 1. The summed E-state index contributed by atoms with van der Waals surface area (Å²) in [7, 11) is 0. The van der Waals surface area contributed by atoms with Crippen molar-refractivity contribution in [1.82, 2.24) is 9.80 Å². The van der Waals surface area contributed by atoms with E-state index in [9.17, 15) is 14.4 Å². The molecule has 3 amide bonds. The van der Waals surface area contributed by atoms with Crippen molar-refractivity contribution in [3.8, 4) is 0 Å². The van der Waals surface area contributed by atoms with Gasteiger partial charge in [-0.15, -0.1) is 0 Å². The minimum absolute atomic E-state index is 0.144. The topological polar surface area (TPSA) is 66.9 Å². The van der Waals surface area contributed by atoms with Gasteiger partial charge in [-0.05, 0) is 23.8 Å². The van der Waals surface area contributed by atoms with E-state index in [1.165, 1.54) is 4.90 Å². The van der Waals surface area contributed by atoms with Gasteiger partial charge in [0.15, 0.2) is 0 Å². The molecule has 2 saturated heterocycles. The number of imide groups is 1. The molecule has 146 valence electrons. The average Bonchev–Trinajstić information content (AvgIpc) is 3.41. The van der Waals surface area contributed by atoms with Crippen LogP contribution in [-0.4, -0.2) is 59.9 Å². The van der Waals surface area contributed by atoms with Crippen molar-refractivity contribution in [2.75, 3.05) is 26.3 Å². The van der Waals surface area contributed by atoms with E-state index in [0.717, 1.165) is 12.0 Å². The number of allylic oxidation sites excluding steroid dienone is 2. The Morgan fingerprint density at radius 1 is 1.00 bits per heavy atom. The molecular weight excluding hydrogens is 356 g/mol. The zero-order valence-corrected chi connectivity index (χ0v) is 15.7. The lowest BCUT2D eigenvalue weighted by atomic mass is 9.85. The van der Waals surface area contributed by atoms with Gasteiger partial charge in [0, 0.05) is 19.5 Å². The van der Waals surface area contributed by atoms with E-state index in [-0.39, 0.29) is 41.4 Å². The summed E-state index contributed by atoms with van der Waals surface area (Å²) in [4.78, 5) is 43.0. The number of nitrogens with zero attached hydrogens (tertiary/aromatic N) is 2. The van der Waals surface area contributed by atoms with E-state index in [1.54, 1.807) is 4.90 Å². The molecule has 0 N–H and O–H groups in total. The summed E-state index contributed by atoms with van der Waals surface area (Å²) >= 11 is 0. The van der Waals surface area contributed by atoms with E-state index >= 15 is 0 Å². The Morgan fingerprint density at radius 2 is 1.61 bits per heavy atom. The molecule has 0 aromatic heterocycles. The monoisotopic (exact) mass is 380 g/mol. The van der Waals surface area contributed by atoms with Crippen LogP contribution in [0, 0.1) is 23.7 Å². The molecule has 3 fully saturated rings. The molecule has 5 unspecified atom stereocenters. The zero-order chi connectivity index (χ0) is 19.3. The molecule has 2 heterocycles. The van der Waals surface area contributed by atoms with Crippen LogP contribution in [0.3, 0.4) is 0 Å². The predicted octanol–water partition coefficient (Wildman–Crippen LogP) is 1.26. The van der Waals surface area contributed by atoms with Crippen molar-refractivity contribution in [3.05, 3.63) is 48.0 Å². The van der Waals surface area contributed by atoms with Crippen molar-refractivity contribution < 1.29 is 19.1 Å². The molecule has 0 spiro atoms. The average molecular weight is 380 g/mol. The van der Waals surface area contributed by atoms with Gasteiger partial charge in [0.1, 0.15) is 6.04 Å². The Bertz CT molecular complexity index is 800. The summed E-state index contributed by atoms with van der Waals surface area (Å²) < 4.78 is 5.36. The number of benzene rings is 1. The minimum atomic E-state index is -0.773. The lowest BCUT2D eigenvalue weighted by Crippen LogP contribution is -2.55. The number of ether oxygens (including phenoxy) is 1. The molecule has 1 aromatic rings. The Labute approximate surface area is 164 Å².